The van der Waals surface area contributed by atoms with Gasteiger partial charge in [-0.2, -0.15) is 0 Å². The quantitative estimate of drug-likeness (QED) is 0.796. The van der Waals surface area contributed by atoms with Gasteiger partial charge >= 0.3 is 5.97 Å². The van der Waals surface area contributed by atoms with Crippen molar-refractivity contribution in [3.05, 3.63) is 52.5 Å². The summed E-state index contributed by atoms with van der Waals surface area (Å²) in [5, 5.41) is 19.8. The van der Waals surface area contributed by atoms with E-state index in [2.05, 4.69) is 0 Å². The van der Waals surface area contributed by atoms with Gasteiger partial charge in [0.15, 0.2) is 0 Å². The summed E-state index contributed by atoms with van der Waals surface area (Å²) in [6, 6.07) is 9.77. The molecule has 4 nitrogen and oxygen atoms in total. The van der Waals surface area contributed by atoms with Gasteiger partial charge in [0.1, 0.15) is 22.8 Å². The fourth-order valence-corrected chi connectivity index (χ4v) is 2.29. The number of benzene rings is 2. The van der Waals surface area contributed by atoms with Crippen LogP contribution in [0, 0.1) is 0 Å². The second kappa shape index (κ2) is 7.18. The second-order valence-electron chi connectivity index (χ2n) is 4.94. The average molecular weight is 321 g/mol. The number of aromatic hydroxyl groups is 1. The largest absolute Gasteiger partial charge is 0.507 e. The van der Waals surface area contributed by atoms with E-state index in [1.165, 1.54) is 6.07 Å². The number of hydrogen-bond acceptors (Lipinski definition) is 3. The highest BCUT2D eigenvalue weighted by molar-refractivity contribution is 6.30. The van der Waals surface area contributed by atoms with Crippen LogP contribution in [-0.4, -0.2) is 16.2 Å². The first-order valence-electron chi connectivity index (χ1n) is 7.04. The molecule has 0 heterocycles. The molecule has 0 fully saturated rings. The third-order valence-electron chi connectivity index (χ3n) is 3.24. The van der Waals surface area contributed by atoms with Gasteiger partial charge in [-0.05, 0) is 48.7 Å². The zero-order valence-electron chi connectivity index (χ0n) is 12.2. The molecule has 0 atom stereocenters. The monoisotopic (exact) mass is 320 g/mol. The molecule has 0 aliphatic carbocycles. The number of carbonyl (C=O) groups is 1. The summed E-state index contributed by atoms with van der Waals surface area (Å²) >= 11 is 5.82. The summed E-state index contributed by atoms with van der Waals surface area (Å²) in [6.07, 6.45) is 2.34. The first kappa shape index (κ1) is 16.2. The van der Waals surface area contributed by atoms with Crippen molar-refractivity contribution >= 4 is 17.6 Å². The van der Waals surface area contributed by atoms with Gasteiger partial charge in [-0.1, -0.05) is 24.9 Å². The van der Waals surface area contributed by atoms with Crippen molar-refractivity contribution in [2.24, 2.45) is 0 Å². The summed E-state index contributed by atoms with van der Waals surface area (Å²) in [6.45, 7) is 2.02. The molecule has 5 heteroatoms. The fraction of sp³-hybridized carbons (Fsp3) is 0.235. The van der Waals surface area contributed by atoms with E-state index in [4.69, 9.17) is 16.3 Å². The molecule has 22 heavy (non-hydrogen) atoms. The Morgan fingerprint density at radius 2 is 1.86 bits per heavy atom. The SMILES string of the molecule is CCCCc1cc(Oc2ccc(Cl)cc2)cc(O)c1C(=O)O. The lowest BCUT2D eigenvalue weighted by Gasteiger charge is -2.12. The van der Waals surface area contributed by atoms with Crippen molar-refractivity contribution in [2.75, 3.05) is 0 Å². The topological polar surface area (TPSA) is 66.8 Å². The lowest BCUT2D eigenvalue weighted by atomic mass is 10.0. The predicted molar refractivity (Wildman–Crippen MR) is 85.2 cm³/mol. The molecule has 0 saturated carbocycles. The normalized spacial score (nSPS) is 10.5. The lowest BCUT2D eigenvalue weighted by molar-refractivity contribution is 0.0692. The third-order valence-corrected chi connectivity index (χ3v) is 3.49. The van der Waals surface area contributed by atoms with Crippen molar-refractivity contribution in [3.63, 3.8) is 0 Å². The number of rotatable bonds is 6. The standard InChI is InChI=1S/C17H17ClO4/c1-2-3-4-11-9-14(10-15(19)16(11)17(20)21)22-13-7-5-12(18)6-8-13/h5-10,19H,2-4H2,1H3,(H,20,21). The zero-order valence-corrected chi connectivity index (χ0v) is 12.9. The maximum atomic E-state index is 11.3. The summed E-state index contributed by atoms with van der Waals surface area (Å²) < 4.78 is 5.66. The number of carboxylic acid groups (broad SMARTS) is 1. The molecular weight excluding hydrogens is 304 g/mol. The van der Waals surface area contributed by atoms with E-state index in [1.54, 1.807) is 30.3 Å². The molecule has 0 saturated heterocycles. The minimum absolute atomic E-state index is 0.0584. The van der Waals surface area contributed by atoms with Gasteiger partial charge in [0, 0.05) is 11.1 Å². The molecule has 2 aromatic carbocycles. The van der Waals surface area contributed by atoms with Crippen LogP contribution in [0.5, 0.6) is 17.2 Å². The van der Waals surface area contributed by atoms with Gasteiger partial charge in [0.25, 0.3) is 0 Å². The molecule has 116 valence electrons. The van der Waals surface area contributed by atoms with Crippen LogP contribution in [0.1, 0.15) is 35.7 Å². The number of aromatic carboxylic acids is 1. The van der Waals surface area contributed by atoms with Crippen LogP contribution in [0.15, 0.2) is 36.4 Å². The van der Waals surface area contributed by atoms with Gasteiger partial charge in [-0.15, -0.1) is 0 Å². The number of carboxylic acids is 1. The third kappa shape index (κ3) is 3.92. The Balaban J connectivity index is 2.34. The average Bonchev–Trinajstić information content (AvgIpc) is 2.46. The number of aryl methyl sites for hydroxylation is 1. The molecular formula is C17H17ClO4. The molecule has 0 aliphatic heterocycles. The molecule has 0 amide bonds. The van der Waals surface area contributed by atoms with Gasteiger partial charge in [0.2, 0.25) is 0 Å². The maximum Gasteiger partial charge on any atom is 0.339 e. The summed E-state index contributed by atoms with van der Waals surface area (Å²) in [7, 11) is 0. The van der Waals surface area contributed by atoms with E-state index in [1.807, 2.05) is 6.92 Å². The number of hydrogen-bond donors (Lipinski definition) is 2. The van der Waals surface area contributed by atoms with Crippen LogP contribution in [0.4, 0.5) is 0 Å². The minimum atomic E-state index is -1.14. The highest BCUT2D eigenvalue weighted by Gasteiger charge is 2.17. The molecule has 0 radical (unpaired) electrons. The number of phenols is 1. The molecule has 0 spiro atoms. The predicted octanol–water partition coefficient (Wildman–Crippen LogP) is 4.88. The molecule has 2 N–H and O–H groups in total. The Labute approximate surface area is 133 Å². The van der Waals surface area contributed by atoms with Crippen molar-refractivity contribution < 1.29 is 19.7 Å². The van der Waals surface area contributed by atoms with E-state index in [0.717, 1.165) is 12.8 Å². The van der Waals surface area contributed by atoms with Crippen LogP contribution in [0.25, 0.3) is 0 Å². The van der Waals surface area contributed by atoms with Gasteiger partial charge < -0.3 is 14.9 Å². The minimum Gasteiger partial charge on any atom is -0.507 e. The Bertz CT molecular complexity index is 665. The molecule has 0 bridgehead atoms. The highest BCUT2D eigenvalue weighted by Crippen LogP contribution is 2.32. The summed E-state index contributed by atoms with van der Waals surface area (Å²) in [5.41, 5.74) is 0.509. The fourth-order valence-electron chi connectivity index (χ4n) is 2.17. The van der Waals surface area contributed by atoms with E-state index >= 15 is 0 Å². The first-order valence-corrected chi connectivity index (χ1v) is 7.41. The van der Waals surface area contributed by atoms with Crippen LogP contribution in [0.3, 0.4) is 0 Å². The van der Waals surface area contributed by atoms with E-state index in [9.17, 15) is 15.0 Å². The van der Waals surface area contributed by atoms with Gasteiger partial charge in [-0.25, -0.2) is 4.79 Å². The van der Waals surface area contributed by atoms with Crippen molar-refractivity contribution in [1.82, 2.24) is 0 Å². The molecule has 0 aliphatic rings. The molecule has 0 unspecified atom stereocenters. The van der Waals surface area contributed by atoms with E-state index in [-0.39, 0.29) is 11.3 Å². The van der Waals surface area contributed by atoms with Gasteiger partial charge in [-0.3, -0.25) is 0 Å². The van der Waals surface area contributed by atoms with Crippen LogP contribution >= 0.6 is 11.6 Å². The zero-order chi connectivity index (χ0) is 16.1. The maximum absolute atomic E-state index is 11.3. The van der Waals surface area contributed by atoms with Crippen molar-refractivity contribution in [3.8, 4) is 17.2 Å². The van der Waals surface area contributed by atoms with Crippen LogP contribution < -0.4 is 4.74 Å². The smallest absolute Gasteiger partial charge is 0.339 e. The molecule has 0 aromatic heterocycles. The van der Waals surface area contributed by atoms with Crippen LogP contribution in [-0.2, 0) is 6.42 Å². The Kier molecular flexibility index (Phi) is 5.28. The van der Waals surface area contributed by atoms with Crippen LogP contribution in [0.2, 0.25) is 5.02 Å². The molecule has 2 aromatic rings. The summed E-state index contributed by atoms with van der Waals surface area (Å²) in [4.78, 5) is 11.3. The van der Waals surface area contributed by atoms with Crippen molar-refractivity contribution in [2.45, 2.75) is 26.2 Å². The lowest BCUT2D eigenvalue weighted by Crippen LogP contribution is -2.04. The summed E-state index contributed by atoms with van der Waals surface area (Å²) in [5.74, 6) is -0.462. The Hall–Kier alpha value is -2.20. The van der Waals surface area contributed by atoms with Gasteiger partial charge in [0.05, 0.1) is 0 Å². The number of unbranched alkanes of at least 4 members (excludes halogenated alkanes) is 1. The van der Waals surface area contributed by atoms with E-state index in [0.29, 0.717) is 28.5 Å². The van der Waals surface area contributed by atoms with Crippen molar-refractivity contribution in [1.29, 1.82) is 0 Å². The Morgan fingerprint density at radius 3 is 2.45 bits per heavy atom. The number of halogens is 1. The van der Waals surface area contributed by atoms with E-state index < -0.39 is 5.97 Å². The highest BCUT2D eigenvalue weighted by atomic mass is 35.5. The number of ether oxygens (including phenoxy) is 1. The Morgan fingerprint density at radius 1 is 1.18 bits per heavy atom. The first-order chi connectivity index (χ1) is 10.5. The second-order valence-corrected chi connectivity index (χ2v) is 5.38. The molecule has 2 rings (SSSR count).